The molecular weight excluding hydrogens is 192 g/mol. The lowest BCUT2D eigenvalue weighted by Crippen LogP contribution is -2.07. The van der Waals surface area contributed by atoms with Gasteiger partial charge in [0.2, 0.25) is 0 Å². The highest BCUT2D eigenvalue weighted by Crippen LogP contribution is 2.12. The fourth-order valence-corrected chi connectivity index (χ4v) is 1.59. The smallest absolute Gasteiger partial charge is 0.311 e. The molecular formula is C11H12N2O2. The van der Waals surface area contributed by atoms with Crippen LogP contribution in [0.15, 0.2) is 24.4 Å². The SMILES string of the molecule is COC(=O)Cc1c(C)nc2ccccn12. The van der Waals surface area contributed by atoms with E-state index in [9.17, 15) is 4.79 Å². The Hall–Kier alpha value is -1.84. The minimum Gasteiger partial charge on any atom is -0.469 e. The van der Waals surface area contributed by atoms with E-state index in [4.69, 9.17) is 0 Å². The van der Waals surface area contributed by atoms with Crippen LogP contribution in [0.1, 0.15) is 11.4 Å². The van der Waals surface area contributed by atoms with E-state index < -0.39 is 0 Å². The van der Waals surface area contributed by atoms with E-state index in [2.05, 4.69) is 9.72 Å². The molecule has 2 rings (SSSR count). The average Bonchev–Trinajstić information content (AvgIpc) is 2.55. The van der Waals surface area contributed by atoms with Crippen LogP contribution in [-0.2, 0) is 16.0 Å². The number of pyridine rings is 1. The van der Waals surface area contributed by atoms with Crippen LogP contribution in [0.2, 0.25) is 0 Å². The number of carbonyl (C=O) groups is 1. The largest absolute Gasteiger partial charge is 0.469 e. The number of hydrogen-bond donors (Lipinski definition) is 0. The lowest BCUT2D eigenvalue weighted by molar-refractivity contribution is -0.139. The van der Waals surface area contributed by atoms with Gasteiger partial charge in [0.25, 0.3) is 0 Å². The normalized spacial score (nSPS) is 10.5. The zero-order valence-corrected chi connectivity index (χ0v) is 8.73. The van der Waals surface area contributed by atoms with E-state index in [0.717, 1.165) is 17.0 Å². The van der Waals surface area contributed by atoms with E-state index in [0.29, 0.717) is 0 Å². The van der Waals surface area contributed by atoms with Gasteiger partial charge in [-0.2, -0.15) is 0 Å². The van der Waals surface area contributed by atoms with Gasteiger partial charge in [0.1, 0.15) is 5.65 Å². The van der Waals surface area contributed by atoms with E-state index >= 15 is 0 Å². The Morgan fingerprint density at radius 3 is 3.07 bits per heavy atom. The Bertz CT molecular complexity index is 502. The van der Waals surface area contributed by atoms with Crippen molar-refractivity contribution >= 4 is 11.6 Å². The third kappa shape index (κ3) is 1.70. The highest BCUT2D eigenvalue weighted by Gasteiger charge is 2.12. The number of nitrogens with zero attached hydrogens (tertiary/aromatic N) is 2. The topological polar surface area (TPSA) is 43.6 Å². The van der Waals surface area contributed by atoms with Gasteiger partial charge in [-0.25, -0.2) is 4.98 Å². The summed E-state index contributed by atoms with van der Waals surface area (Å²) in [5.74, 6) is -0.247. The summed E-state index contributed by atoms with van der Waals surface area (Å²) in [6.45, 7) is 1.89. The maximum Gasteiger partial charge on any atom is 0.311 e. The number of aryl methyl sites for hydroxylation is 1. The molecule has 0 aliphatic heterocycles. The number of esters is 1. The van der Waals surface area contributed by atoms with Gasteiger partial charge in [-0.3, -0.25) is 4.79 Å². The summed E-state index contributed by atoms with van der Waals surface area (Å²) < 4.78 is 6.56. The van der Waals surface area contributed by atoms with Crippen molar-refractivity contribution in [3.05, 3.63) is 35.8 Å². The van der Waals surface area contributed by atoms with E-state index in [-0.39, 0.29) is 12.4 Å². The predicted octanol–water partition coefficient (Wildman–Crippen LogP) is 1.36. The molecule has 4 heteroatoms. The van der Waals surface area contributed by atoms with Gasteiger partial charge in [0.15, 0.2) is 0 Å². The van der Waals surface area contributed by atoms with Gasteiger partial charge in [-0.05, 0) is 19.1 Å². The number of fused-ring (bicyclic) bond motifs is 1. The number of rotatable bonds is 2. The molecule has 0 amide bonds. The Morgan fingerprint density at radius 2 is 2.33 bits per heavy atom. The average molecular weight is 204 g/mol. The van der Waals surface area contributed by atoms with Gasteiger partial charge in [0.05, 0.1) is 24.9 Å². The summed E-state index contributed by atoms with van der Waals surface area (Å²) in [5, 5.41) is 0. The van der Waals surface area contributed by atoms with Crippen molar-refractivity contribution in [2.75, 3.05) is 7.11 Å². The third-order valence-corrected chi connectivity index (χ3v) is 2.37. The molecule has 0 atom stereocenters. The molecule has 4 nitrogen and oxygen atoms in total. The fourth-order valence-electron chi connectivity index (χ4n) is 1.59. The van der Waals surface area contributed by atoms with E-state index in [1.165, 1.54) is 7.11 Å². The van der Waals surface area contributed by atoms with Crippen molar-refractivity contribution in [1.29, 1.82) is 0 Å². The van der Waals surface area contributed by atoms with Crippen LogP contribution in [0.5, 0.6) is 0 Å². The van der Waals surface area contributed by atoms with E-state index in [1.54, 1.807) is 0 Å². The van der Waals surface area contributed by atoms with E-state index in [1.807, 2.05) is 35.7 Å². The van der Waals surface area contributed by atoms with Crippen molar-refractivity contribution in [2.24, 2.45) is 0 Å². The maximum atomic E-state index is 11.2. The van der Waals surface area contributed by atoms with Crippen molar-refractivity contribution in [2.45, 2.75) is 13.3 Å². The summed E-state index contributed by atoms with van der Waals surface area (Å²) in [6, 6.07) is 5.74. The van der Waals surface area contributed by atoms with Crippen molar-refractivity contribution < 1.29 is 9.53 Å². The molecule has 0 radical (unpaired) electrons. The van der Waals surface area contributed by atoms with Gasteiger partial charge in [0, 0.05) is 6.20 Å². The Kier molecular flexibility index (Phi) is 2.41. The first-order chi connectivity index (χ1) is 7.22. The molecule has 15 heavy (non-hydrogen) atoms. The van der Waals surface area contributed by atoms with Gasteiger partial charge in [-0.1, -0.05) is 6.07 Å². The van der Waals surface area contributed by atoms with Crippen molar-refractivity contribution in [1.82, 2.24) is 9.38 Å². The molecule has 0 spiro atoms. The first-order valence-electron chi connectivity index (χ1n) is 4.71. The molecule has 0 aromatic carbocycles. The van der Waals surface area contributed by atoms with Gasteiger partial charge in [-0.15, -0.1) is 0 Å². The summed E-state index contributed by atoms with van der Waals surface area (Å²) in [6.07, 6.45) is 2.15. The molecule has 2 aromatic rings. The Morgan fingerprint density at radius 1 is 1.53 bits per heavy atom. The van der Waals surface area contributed by atoms with Crippen molar-refractivity contribution in [3.63, 3.8) is 0 Å². The minimum atomic E-state index is -0.247. The highest BCUT2D eigenvalue weighted by molar-refractivity contribution is 5.72. The molecule has 2 heterocycles. The van der Waals surface area contributed by atoms with Crippen LogP contribution < -0.4 is 0 Å². The maximum absolute atomic E-state index is 11.2. The first kappa shape index (κ1) is 9.71. The molecule has 78 valence electrons. The second-order valence-electron chi connectivity index (χ2n) is 3.33. The van der Waals surface area contributed by atoms with Gasteiger partial charge < -0.3 is 9.14 Å². The quantitative estimate of drug-likeness (QED) is 0.694. The molecule has 0 saturated heterocycles. The highest BCUT2D eigenvalue weighted by atomic mass is 16.5. The van der Waals surface area contributed by atoms with Crippen LogP contribution in [0.3, 0.4) is 0 Å². The number of methoxy groups -OCH3 is 1. The second-order valence-corrected chi connectivity index (χ2v) is 3.33. The van der Waals surface area contributed by atoms with Crippen LogP contribution in [0, 0.1) is 6.92 Å². The molecule has 2 aromatic heterocycles. The zero-order valence-electron chi connectivity index (χ0n) is 8.73. The molecule has 0 aliphatic rings. The predicted molar refractivity (Wildman–Crippen MR) is 55.6 cm³/mol. The lowest BCUT2D eigenvalue weighted by atomic mass is 10.2. The summed E-state index contributed by atoms with van der Waals surface area (Å²) in [4.78, 5) is 15.6. The Balaban J connectivity index is 2.49. The van der Waals surface area contributed by atoms with Crippen LogP contribution in [0.4, 0.5) is 0 Å². The summed E-state index contributed by atoms with van der Waals surface area (Å²) >= 11 is 0. The van der Waals surface area contributed by atoms with Gasteiger partial charge >= 0.3 is 5.97 Å². The molecule has 0 fully saturated rings. The van der Waals surface area contributed by atoms with Crippen LogP contribution in [-0.4, -0.2) is 22.5 Å². The monoisotopic (exact) mass is 204 g/mol. The summed E-state index contributed by atoms with van der Waals surface area (Å²) in [5.41, 5.74) is 2.61. The van der Waals surface area contributed by atoms with Crippen molar-refractivity contribution in [3.8, 4) is 0 Å². The fraction of sp³-hybridized carbons (Fsp3) is 0.273. The molecule has 0 aliphatic carbocycles. The minimum absolute atomic E-state index is 0.247. The molecule has 0 unspecified atom stereocenters. The zero-order chi connectivity index (χ0) is 10.8. The standard InChI is InChI=1S/C11H12N2O2/c1-8-9(7-11(14)15-2)13-6-4-3-5-10(13)12-8/h3-6H,7H2,1-2H3. The number of hydrogen-bond acceptors (Lipinski definition) is 3. The first-order valence-corrected chi connectivity index (χ1v) is 4.71. The molecule has 0 N–H and O–H groups in total. The second kappa shape index (κ2) is 3.73. The number of carbonyl (C=O) groups excluding carboxylic acids is 1. The molecule has 0 saturated carbocycles. The van der Waals surface area contributed by atoms with Crippen LogP contribution in [0.25, 0.3) is 5.65 Å². The number of aromatic nitrogens is 2. The number of imidazole rings is 1. The van der Waals surface area contributed by atoms with Crippen LogP contribution >= 0.6 is 0 Å². The third-order valence-electron chi connectivity index (χ3n) is 2.37. The molecule has 0 bridgehead atoms. The Labute approximate surface area is 87.5 Å². The summed E-state index contributed by atoms with van der Waals surface area (Å²) in [7, 11) is 1.39. The number of ether oxygens (including phenoxy) is 1. The lowest BCUT2D eigenvalue weighted by Gasteiger charge is -2.01.